The van der Waals surface area contributed by atoms with Gasteiger partial charge >= 0.3 is 0 Å². The number of hydrogen-bond acceptors (Lipinski definition) is 2. The molecule has 0 saturated heterocycles. The zero-order chi connectivity index (χ0) is 16.3. The smallest absolute Gasteiger partial charge is 0.265 e. The van der Waals surface area contributed by atoms with Gasteiger partial charge in [-0.2, -0.15) is 0 Å². The highest BCUT2D eigenvalue weighted by Gasteiger charge is 2.16. The summed E-state index contributed by atoms with van der Waals surface area (Å²) >= 11 is 5.98. The molecule has 2 aromatic carbocycles. The summed E-state index contributed by atoms with van der Waals surface area (Å²) in [6, 6.07) is 11.3. The van der Waals surface area contributed by atoms with Crippen LogP contribution >= 0.6 is 11.6 Å². The third kappa shape index (κ3) is 4.01. The molecule has 0 aliphatic rings. The van der Waals surface area contributed by atoms with Crippen LogP contribution in [0.4, 0.5) is 5.69 Å². The number of rotatable bonds is 4. The lowest BCUT2D eigenvalue weighted by Crippen LogP contribution is -2.30. The van der Waals surface area contributed by atoms with E-state index in [2.05, 4.69) is 5.32 Å². The van der Waals surface area contributed by atoms with Crippen LogP contribution in [0.1, 0.15) is 23.6 Å². The molecule has 0 bridgehead atoms. The maximum atomic E-state index is 12.3. The molecule has 0 aliphatic heterocycles. The van der Waals surface area contributed by atoms with Crippen molar-refractivity contribution in [3.8, 4) is 5.75 Å². The molecule has 22 heavy (non-hydrogen) atoms. The molecular formula is C18H20ClNO2. The summed E-state index contributed by atoms with van der Waals surface area (Å²) in [5.74, 6) is 0.451. The van der Waals surface area contributed by atoms with Crippen LogP contribution in [0.3, 0.4) is 0 Å². The van der Waals surface area contributed by atoms with Crippen LogP contribution < -0.4 is 10.1 Å². The molecule has 4 heteroatoms. The second kappa shape index (κ2) is 6.84. The fourth-order valence-corrected chi connectivity index (χ4v) is 2.17. The molecule has 0 spiro atoms. The van der Waals surface area contributed by atoms with Gasteiger partial charge in [-0.15, -0.1) is 0 Å². The number of benzene rings is 2. The summed E-state index contributed by atoms with van der Waals surface area (Å²) in [6.45, 7) is 7.58. The van der Waals surface area contributed by atoms with Crippen LogP contribution in [0, 0.1) is 20.8 Å². The second-order valence-corrected chi connectivity index (χ2v) is 5.89. The average Bonchev–Trinajstić information content (AvgIpc) is 2.46. The van der Waals surface area contributed by atoms with E-state index in [4.69, 9.17) is 16.3 Å². The van der Waals surface area contributed by atoms with E-state index in [1.165, 1.54) is 0 Å². The zero-order valence-electron chi connectivity index (χ0n) is 13.2. The predicted molar refractivity (Wildman–Crippen MR) is 90.8 cm³/mol. The van der Waals surface area contributed by atoms with Gasteiger partial charge in [0.1, 0.15) is 5.75 Å². The summed E-state index contributed by atoms with van der Waals surface area (Å²) in [7, 11) is 0. The lowest BCUT2D eigenvalue weighted by atomic mass is 10.1. The molecule has 0 fully saturated rings. The highest BCUT2D eigenvalue weighted by Crippen LogP contribution is 2.22. The first-order chi connectivity index (χ1) is 10.4. The molecule has 0 aromatic heterocycles. The minimum absolute atomic E-state index is 0.179. The number of carbonyl (C=O) groups is 1. The fraction of sp³-hybridized carbons (Fsp3) is 0.278. The molecule has 3 nitrogen and oxygen atoms in total. The number of anilines is 1. The van der Waals surface area contributed by atoms with E-state index < -0.39 is 6.10 Å². The molecule has 0 saturated carbocycles. The van der Waals surface area contributed by atoms with Crippen molar-refractivity contribution in [1.29, 1.82) is 0 Å². The monoisotopic (exact) mass is 317 g/mol. The Balaban J connectivity index is 2.05. The molecule has 2 aromatic rings. The molecule has 1 amide bonds. The Kier molecular flexibility index (Phi) is 5.09. The van der Waals surface area contributed by atoms with Crippen molar-refractivity contribution in [3.05, 3.63) is 58.1 Å². The Labute approximate surface area is 136 Å². The van der Waals surface area contributed by atoms with Crippen molar-refractivity contribution in [3.63, 3.8) is 0 Å². The third-order valence-electron chi connectivity index (χ3n) is 3.46. The van der Waals surface area contributed by atoms with Gasteiger partial charge < -0.3 is 10.1 Å². The molecule has 1 N–H and O–H groups in total. The topological polar surface area (TPSA) is 38.3 Å². The molecule has 1 atom stereocenters. The summed E-state index contributed by atoms with van der Waals surface area (Å²) in [4.78, 5) is 12.3. The summed E-state index contributed by atoms with van der Waals surface area (Å²) < 4.78 is 5.68. The number of aryl methyl sites for hydroxylation is 3. The molecule has 0 aliphatic carbocycles. The highest BCUT2D eigenvalue weighted by atomic mass is 35.5. The first-order valence-corrected chi connectivity index (χ1v) is 7.55. The van der Waals surface area contributed by atoms with E-state index in [0.29, 0.717) is 10.8 Å². The van der Waals surface area contributed by atoms with Gasteiger partial charge in [0, 0.05) is 10.7 Å². The standard InChI is InChI=1S/C18H20ClNO2/c1-11-5-6-12(2)17(9-11)20-18(21)14(4)22-15-7-8-16(19)13(3)10-15/h5-10,14H,1-4H3,(H,20,21)/t14-/m0/s1. The lowest BCUT2D eigenvalue weighted by molar-refractivity contribution is -0.122. The Hall–Kier alpha value is -2.00. The molecule has 0 unspecified atom stereocenters. The molecular weight excluding hydrogens is 298 g/mol. The Morgan fingerprint density at radius 2 is 1.82 bits per heavy atom. The molecule has 2 rings (SSSR count). The Bertz CT molecular complexity index is 697. The van der Waals surface area contributed by atoms with Gasteiger partial charge in [-0.3, -0.25) is 4.79 Å². The minimum Gasteiger partial charge on any atom is -0.481 e. The number of hydrogen-bond donors (Lipinski definition) is 1. The number of nitrogens with one attached hydrogen (secondary N) is 1. The first-order valence-electron chi connectivity index (χ1n) is 7.18. The van der Waals surface area contributed by atoms with Crippen LogP contribution in [0.25, 0.3) is 0 Å². The Morgan fingerprint density at radius 1 is 1.09 bits per heavy atom. The summed E-state index contributed by atoms with van der Waals surface area (Å²) in [6.07, 6.45) is -0.597. The average molecular weight is 318 g/mol. The maximum Gasteiger partial charge on any atom is 0.265 e. The number of halogens is 1. The zero-order valence-corrected chi connectivity index (χ0v) is 14.0. The quantitative estimate of drug-likeness (QED) is 0.889. The van der Waals surface area contributed by atoms with Crippen molar-refractivity contribution in [2.75, 3.05) is 5.32 Å². The molecule has 0 heterocycles. The first kappa shape index (κ1) is 16.4. The van der Waals surface area contributed by atoms with Crippen molar-refractivity contribution >= 4 is 23.2 Å². The summed E-state index contributed by atoms with van der Waals surface area (Å²) in [5, 5.41) is 3.59. The third-order valence-corrected chi connectivity index (χ3v) is 3.89. The summed E-state index contributed by atoms with van der Waals surface area (Å²) in [5.41, 5.74) is 3.85. The van der Waals surface area contributed by atoms with Crippen LogP contribution in [-0.4, -0.2) is 12.0 Å². The minimum atomic E-state index is -0.597. The van der Waals surface area contributed by atoms with Gasteiger partial charge in [0.2, 0.25) is 0 Å². The van der Waals surface area contributed by atoms with Crippen LogP contribution in [0.15, 0.2) is 36.4 Å². The number of amides is 1. The predicted octanol–water partition coefficient (Wildman–Crippen LogP) is 4.67. The van der Waals surface area contributed by atoms with Gasteiger partial charge in [0.05, 0.1) is 0 Å². The van der Waals surface area contributed by atoms with Gasteiger partial charge in [0.15, 0.2) is 6.10 Å². The van der Waals surface area contributed by atoms with E-state index in [9.17, 15) is 4.79 Å². The van der Waals surface area contributed by atoms with E-state index in [-0.39, 0.29) is 5.91 Å². The highest BCUT2D eigenvalue weighted by molar-refractivity contribution is 6.31. The molecule has 0 radical (unpaired) electrons. The second-order valence-electron chi connectivity index (χ2n) is 5.48. The SMILES string of the molecule is Cc1ccc(C)c(NC(=O)[C@H](C)Oc2ccc(Cl)c(C)c2)c1. The van der Waals surface area contributed by atoms with Gasteiger partial charge in [-0.1, -0.05) is 23.7 Å². The molecule has 116 valence electrons. The Morgan fingerprint density at radius 3 is 2.50 bits per heavy atom. The van der Waals surface area contributed by atoms with E-state index in [0.717, 1.165) is 22.4 Å². The van der Waals surface area contributed by atoms with E-state index in [1.807, 2.05) is 45.0 Å². The van der Waals surface area contributed by atoms with E-state index >= 15 is 0 Å². The fourth-order valence-electron chi connectivity index (χ4n) is 2.05. The van der Waals surface area contributed by atoms with Crippen LogP contribution in [0.2, 0.25) is 5.02 Å². The van der Waals surface area contributed by atoms with Gasteiger partial charge in [-0.25, -0.2) is 0 Å². The maximum absolute atomic E-state index is 12.3. The van der Waals surface area contributed by atoms with Gasteiger partial charge in [0.25, 0.3) is 5.91 Å². The van der Waals surface area contributed by atoms with Crippen molar-refractivity contribution in [1.82, 2.24) is 0 Å². The van der Waals surface area contributed by atoms with E-state index in [1.54, 1.807) is 19.1 Å². The van der Waals surface area contributed by atoms with Crippen molar-refractivity contribution < 1.29 is 9.53 Å². The normalized spacial score (nSPS) is 11.9. The van der Waals surface area contributed by atoms with Crippen molar-refractivity contribution in [2.45, 2.75) is 33.8 Å². The van der Waals surface area contributed by atoms with Crippen molar-refractivity contribution in [2.24, 2.45) is 0 Å². The number of ether oxygens (including phenoxy) is 1. The number of carbonyl (C=O) groups excluding carboxylic acids is 1. The van der Waals surface area contributed by atoms with Crippen LogP contribution in [-0.2, 0) is 4.79 Å². The van der Waals surface area contributed by atoms with Crippen LogP contribution in [0.5, 0.6) is 5.75 Å². The van der Waals surface area contributed by atoms with Gasteiger partial charge in [-0.05, 0) is 68.7 Å². The lowest BCUT2D eigenvalue weighted by Gasteiger charge is -2.16. The largest absolute Gasteiger partial charge is 0.481 e.